The van der Waals surface area contributed by atoms with E-state index < -0.39 is 6.04 Å². The molecule has 1 heterocycles. The topological polar surface area (TPSA) is 58.6 Å². The van der Waals surface area contributed by atoms with Gasteiger partial charge in [0.2, 0.25) is 0 Å². The highest BCUT2D eigenvalue weighted by molar-refractivity contribution is 7.99. The summed E-state index contributed by atoms with van der Waals surface area (Å²) in [6.45, 7) is 6.28. The number of para-hydroxylation sites is 1. The number of carbonyl (C=O) groups excluding carboxylic acids is 2. The van der Waals surface area contributed by atoms with Crippen molar-refractivity contribution in [1.29, 1.82) is 0 Å². The van der Waals surface area contributed by atoms with Crippen LogP contribution in [0.25, 0.3) is 0 Å². The first-order valence-electron chi connectivity index (χ1n) is 9.45. The molecule has 1 fully saturated rings. The van der Waals surface area contributed by atoms with Crippen LogP contribution in [0.5, 0.6) is 0 Å². The van der Waals surface area contributed by atoms with Gasteiger partial charge in [-0.1, -0.05) is 62.4 Å². The largest absolute Gasteiger partial charge is 0.464 e. The van der Waals surface area contributed by atoms with Gasteiger partial charge in [-0.3, -0.25) is 4.90 Å². The summed E-state index contributed by atoms with van der Waals surface area (Å²) in [6.07, 6.45) is 0. The van der Waals surface area contributed by atoms with Crippen LogP contribution >= 0.6 is 11.8 Å². The van der Waals surface area contributed by atoms with Gasteiger partial charge in [-0.25, -0.2) is 9.59 Å². The second-order valence-electron chi connectivity index (χ2n) is 7.29. The number of benzene rings is 2. The quantitative estimate of drug-likeness (QED) is 0.732. The number of nitrogens with one attached hydrogen (secondary N) is 1. The van der Waals surface area contributed by atoms with Gasteiger partial charge >= 0.3 is 12.0 Å². The van der Waals surface area contributed by atoms with Crippen LogP contribution < -0.4 is 5.32 Å². The number of thioether (sulfide) groups is 1. The molecule has 2 unspecified atom stereocenters. The van der Waals surface area contributed by atoms with Gasteiger partial charge in [-0.2, -0.15) is 0 Å². The Morgan fingerprint density at radius 3 is 2.50 bits per heavy atom. The van der Waals surface area contributed by atoms with E-state index in [4.69, 9.17) is 4.74 Å². The van der Waals surface area contributed by atoms with Crippen molar-refractivity contribution in [3.05, 3.63) is 65.7 Å². The Hall–Kier alpha value is -2.47. The van der Waals surface area contributed by atoms with E-state index in [-0.39, 0.29) is 23.3 Å². The average Bonchev–Trinajstić information content (AvgIpc) is 3.14. The maximum atomic E-state index is 13.2. The van der Waals surface area contributed by atoms with Crippen LogP contribution in [0.4, 0.5) is 10.5 Å². The summed E-state index contributed by atoms with van der Waals surface area (Å²) in [5.74, 6) is 0.411. The zero-order chi connectivity index (χ0) is 20.1. The van der Waals surface area contributed by atoms with Crippen molar-refractivity contribution in [2.75, 3.05) is 17.7 Å². The number of urea groups is 1. The van der Waals surface area contributed by atoms with Crippen LogP contribution in [0.3, 0.4) is 0 Å². The Bertz CT molecular complexity index is 826. The first-order chi connectivity index (χ1) is 13.5. The summed E-state index contributed by atoms with van der Waals surface area (Å²) < 4.78 is 5.45. The van der Waals surface area contributed by atoms with Crippen LogP contribution in [0, 0.1) is 12.8 Å². The van der Waals surface area contributed by atoms with Crippen LogP contribution in [0.2, 0.25) is 0 Å². The van der Waals surface area contributed by atoms with E-state index in [1.54, 1.807) is 16.7 Å². The van der Waals surface area contributed by atoms with Gasteiger partial charge in [0.15, 0.2) is 0 Å². The van der Waals surface area contributed by atoms with Gasteiger partial charge in [0.1, 0.15) is 11.4 Å². The predicted octanol–water partition coefficient (Wildman–Crippen LogP) is 4.84. The first-order valence-corrected chi connectivity index (χ1v) is 10.5. The van der Waals surface area contributed by atoms with Crippen molar-refractivity contribution >= 4 is 29.4 Å². The number of aryl methyl sites for hydroxylation is 1. The first kappa shape index (κ1) is 20.3. The van der Waals surface area contributed by atoms with Crippen molar-refractivity contribution in [3.63, 3.8) is 0 Å². The molecule has 1 N–H and O–H groups in total. The van der Waals surface area contributed by atoms with Gasteiger partial charge in [0.05, 0.1) is 6.61 Å². The molecule has 0 radical (unpaired) electrons. The van der Waals surface area contributed by atoms with E-state index in [1.807, 2.05) is 75.4 Å². The lowest BCUT2D eigenvalue weighted by Crippen LogP contribution is -2.46. The highest BCUT2D eigenvalue weighted by atomic mass is 32.2. The second-order valence-corrected chi connectivity index (χ2v) is 8.40. The van der Waals surface area contributed by atoms with Gasteiger partial charge in [0, 0.05) is 11.4 Å². The summed E-state index contributed by atoms with van der Waals surface area (Å²) in [5, 5.41) is 2.73. The Labute approximate surface area is 170 Å². The number of anilines is 1. The van der Waals surface area contributed by atoms with E-state index in [1.165, 1.54) is 0 Å². The van der Waals surface area contributed by atoms with E-state index in [0.717, 1.165) is 16.8 Å². The normalized spacial score (nSPS) is 18.9. The number of ether oxygens (including phenoxy) is 1. The molecule has 0 aromatic heterocycles. The number of rotatable bonds is 5. The molecular formula is C22H26N2O3S. The van der Waals surface area contributed by atoms with E-state index >= 15 is 0 Å². The van der Waals surface area contributed by atoms with Crippen molar-refractivity contribution in [2.45, 2.75) is 32.2 Å². The molecule has 1 aliphatic heterocycles. The molecule has 6 heteroatoms. The number of carbonyl (C=O) groups is 2. The summed E-state index contributed by atoms with van der Waals surface area (Å²) in [4.78, 5) is 27.5. The van der Waals surface area contributed by atoms with Crippen molar-refractivity contribution in [1.82, 2.24) is 4.90 Å². The molecule has 3 rings (SSSR count). The lowest BCUT2D eigenvalue weighted by atomic mass is 10.1. The van der Waals surface area contributed by atoms with Crippen LogP contribution in [0.15, 0.2) is 54.6 Å². The fourth-order valence-corrected chi connectivity index (χ4v) is 4.46. The van der Waals surface area contributed by atoms with Gasteiger partial charge in [-0.15, -0.1) is 11.8 Å². The highest BCUT2D eigenvalue weighted by Crippen LogP contribution is 2.42. The Balaban J connectivity index is 1.85. The summed E-state index contributed by atoms with van der Waals surface area (Å²) >= 11 is 1.58. The lowest BCUT2D eigenvalue weighted by molar-refractivity contribution is -0.149. The zero-order valence-electron chi connectivity index (χ0n) is 16.4. The Morgan fingerprint density at radius 2 is 1.82 bits per heavy atom. The summed E-state index contributed by atoms with van der Waals surface area (Å²) in [7, 11) is 0. The van der Waals surface area contributed by atoms with Crippen LogP contribution in [0.1, 0.15) is 30.3 Å². The molecule has 0 bridgehead atoms. The molecule has 5 nitrogen and oxygen atoms in total. The Kier molecular flexibility index (Phi) is 6.62. The molecule has 2 aromatic rings. The highest BCUT2D eigenvalue weighted by Gasteiger charge is 2.43. The number of hydrogen-bond acceptors (Lipinski definition) is 4. The molecule has 28 heavy (non-hydrogen) atoms. The minimum Gasteiger partial charge on any atom is -0.464 e. The minimum atomic E-state index is -0.613. The second kappa shape index (κ2) is 9.15. The number of amides is 2. The number of hydrogen-bond donors (Lipinski definition) is 1. The third-order valence-electron chi connectivity index (χ3n) is 4.54. The smallest absolute Gasteiger partial charge is 0.329 e. The fourth-order valence-electron chi connectivity index (χ4n) is 3.05. The van der Waals surface area contributed by atoms with Crippen LogP contribution in [-0.2, 0) is 9.53 Å². The number of esters is 1. The molecule has 2 aromatic carbocycles. The average molecular weight is 399 g/mol. The molecule has 148 valence electrons. The Morgan fingerprint density at radius 1 is 1.14 bits per heavy atom. The third-order valence-corrected chi connectivity index (χ3v) is 5.86. The van der Waals surface area contributed by atoms with Crippen molar-refractivity contribution in [3.8, 4) is 0 Å². The molecule has 0 spiro atoms. The summed E-state index contributed by atoms with van der Waals surface area (Å²) in [6, 6.07) is 16.5. The number of nitrogens with zero attached hydrogens (tertiary/aromatic N) is 1. The van der Waals surface area contributed by atoms with E-state index in [9.17, 15) is 9.59 Å². The van der Waals surface area contributed by atoms with Crippen molar-refractivity contribution in [2.24, 2.45) is 5.92 Å². The van der Waals surface area contributed by atoms with Gasteiger partial charge < -0.3 is 10.1 Å². The summed E-state index contributed by atoms with van der Waals surface area (Å²) in [5.41, 5.74) is 2.70. The maximum absolute atomic E-state index is 13.2. The van der Waals surface area contributed by atoms with Gasteiger partial charge in [0.25, 0.3) is 0 Å². The van der Waals surface area contributed by atoms with Crippen molar-refractivity contribution < 1.29 is 14.3 Å². The predicted molar refractivity (Wildman–Crippen MR) is 113 cm³/mol. The molecule has 2 amide bonds. The van der Waals surface area contributed by atoms with Gasteiger partial charge in [-0.05, 0) is 30.0 Å². The molecular weight excluding hydrogens is 372 g/mol. The lowest BCUT2D eigenvalue weighted by Gasteiger charge is -2.29. The minimum absolute atomic E-state index is 0.234. The monoisotopic (exact) mass is 398 g/mol. The SMILES string of the molecule is Cc1ccccc1NC(=O)N1C(C(=O)OCC(C)C)CSC1c1ccccc1. The molecule has 2 atom stereocenters. The van der Waals surface area contributed by atoms with Crippen LogP contribution in [-0.4, -0.2) is 35.3 Å². The zero-order valence-corrected chi connectivity index (χ0v) is 17.2. The molecule has 1 saturated heterocycles. The standard InChI is InChI=1S/C22H26N2O3S/c1-15(2)13-27-21(25)19-14-28-20(17-10-5-4-6-11-17)24(19)22(26)23-18-12-8-7-9-16(18)3/h4-12,15,19-20H,13-14H2,1-3H3,(H,23,26). The van der Waals surface area contributed by atoms with E-state index in [0.29, 0.717) is 12.4 Å². The fraction of sp³-hybridized carbons (Fsp3) is 0.364. The third kappa shape index (κ3) is 4.68. The molecule has 0 aliphatic carbocycles. The molecule has 1 aliphatic rings. The maximum Gasteiger partial charge on any atom is 0.329 e. The van der Waals surface area contributed by atoms with E-state index in [2.05, 4.69) is 5.32 Å². The molecule has 0 saturated carbocycles.